The van der Waals surface area contributed by atoms with E-state index < -0.39 is 32.9 Å². The number of alkyl halides is 1. The van der Waals surface area contributed by atoms with E-state index in [9.17, 15) is 12.8 Å². The average Bonchev–Trinajstić information content (AvgIpc) is 3.70. The number of fused-ring (bicyclic) bond motifs is 1. The summed E-state index contributed by atoms with van der Waals surface area (Å²) in [4.78, 5) is 13.5. The highest BCUT2D eigenvalue weighted by Gasteiger charge is 2.48. The third kappa shape index (κ3) is 5.83. The van der Waals surface area contributed by atoms with Crippen LogP contribution < -0.4 is 19.2 Å². The molecule has 13 heteroatoms. The number of pyridine rings is 1. The number of halogens is 3. The second-order valence-electron chi connectivity index (χ2n) is 10.7. The molecule has 2 aromatic heterocycles. The number of aromatic nitrogens is 3. The number of aryl methyl sites for hydroxylation is 1. The second-order valence-corrected chi connectivity index (χ2v) is 13.1. The highest BCUT2D eigenvalue weighted by Crippen LogP contribution is 2.45. The molecule has 0 amide bonds. The van der Waals surface area contributed by atoms with Crippen LogP contribution in [0, 0.1) is 12.7 Å². The van der Waals surface area contributed by atoms with Gasteiger partial charge in [0.15, 0.2) is 0 Å². The fourth-order valence-corrected chi connectivity index (χ4v) is 6.90. The van der Waals surface area contributed by atoms with Crippen LogP contribution in [0.5, 0.6) is 11.6 Å². The highest BCUT2D eigenvalue weighted by atomic mass is 35.5. The van der Waals surface area contributed by atoms with Gasteiger partial charge in [0.2, 0.25) is 11.8 Å². The van der Waals surface area contributed by atoms with E-state index in [0.717, 1.165) is 32.0 Å². The van der Waals surface area contributed by atoms with Gasteiger partial charge in [0, 0.05) is 47.5 Å². The van der Waals surface area contributed by atoms with Gasteiger partial charge in [-0.05, 0) is 75.0 Å². The van der Waals surface area contributed by atoms with Gasteiger partial charge in [-0.1, -0.05) is 12.1 Å². The Balaban J connectivity index is 1.36. The minimum Gasteiger partial charge on any atom is -0.437 e. The molecule has 9 nitrogen and oxygen atoms in total. The molecule has 1 saturated carbocycles. The maximum atomic E-state index is 15.1. The molecule has 4 aromatic rings. The van der Waals surface area contributed by atoms with Crippen LogP contribution in [-0.2, 0) is 10.0 Å². The molecule has 1 aliphatic carbocycles. The van der Waals surface area contributed by atoms with E-state index in [1.807, 2.05) is 6.07 Å². The van der Waals surface area contributed by atoms with Crippen LogP contribution in [-0.4, -0.2) is 53.9 Å². The number of rotatable bonds is 9. The molecule has 0 spiro atoms. The molecule has 0 bridgehead atoms. The van der Waals surface area contributed by atoms with Gasteiger partial charge in [0.05, 0.1) is 11.3 Å². The first kappa shape index (κ1) is 28.5. The van der Waals surface area contributed by atoms with Crippen LogP contribution in [0.3, 0.4) is 0 Å². The van der Waals surface area contributed by atoms with Gasteiger partial charge in [-0.25, -0.2) is 32.2 Å². The zero-order valence-corrected chi connectivity index (χ0v) is 24.4. The molecule has 2 aliphatic rings. The third-order valence-electron chi connectivity index (χ3n) is 7.46. The van der Waals surface area contributed by atoms with E-state index in [2.05, 4.69) is 20.6 Å². The predicted molar refractivity (Wildman–Crippen MR) is 159 cm³/mol. The summed E-state index contributed by atoms with van der Waals surface area (Å²) >= 11 is 6.22. The Morgan fingerprint density at radius 3 is 2.71 bits per heavy atom. The third-order valence-corrected chi connectivity index (χ3v) is 9.81. The maximum Gasteiger partial charge on any atom is 0.252 e. The topological polar surface area (TPSA) is 109 Å². The molecule has 1 aliphatic heterocycles. The Morgan fingerprint density at radius 2 is 1.95 bits per heavy atom. The number of nitrogens with zero attached hydrogens (tertiary/aromatic N) is 4. The monoisotopic (exact) mass is 614 g/mol. The Hall–Kier alpha value is -3.61. The zero-order valence-electron chi connectivity index (χ0n) is 22.8. The molecule has 42 heavy (non-hydrogen) atoms. The van der Waals surface area contributed by atoms with Crippen molar-refractivity contribution in [1.82, 2.24) is 20.3 Å². The lowest BCUT2D eigenvalue weighted by atomic mass is 10.0. The Kier molecular flexibility index (Phi) is 7.62. The van der Waals surface area contributed by atoms with Crippen LogP contribution in [0.1, 0.15) is 31.2 Å². The molecule has 1 saturated heterocycles. The summed E-state index contributed by atoms with van der Waals surface area (Å²) in [7, 11) is -4.36. The van der Waals surface area contributed by atoms with Crippen LogP contribution >= 0.6 is 11.8 Å². The van der Waals surface area contributed by atoms with Gasteiger partial charge in [-0.3, -0.25) is 0 Å². The number of sulfonamides is 1. The first-order valence-electron chi connectivity index (χ1n) is 13.7. The number of piperidine rings is 1. The van der Waals surface area contributed by atoms with Crippen LogP contribution in [0.4, 0.5) is 20.4 Å². The Labute approximate surface area is 247 Å². The summed E-state index contributed by atoms with van der Waals surface area (Å²) in [6, 6.07) is 11.4. The fraction of sp³-hybridized carbons (Fsp3) is 0.345. The van der Waals surface area contributed by atoms with E-state index in [1.165, 1.54) is 6.07 Å². The molecule has 220 valence electrons. The molecule has 2 aromatic carbocycles. The molecule has 0 radical (unpaired) electrons. The Bertz CT molecular complexity index is 1750. The largest absolute Gasteiger partial charge is 0.437 e. The molecule has 1 atom stereocenters. The molecular weight excluding hydrogens is 586 g/mol. The Morgan fingerprint density at radius 1 is 1.14 bits per heavy atom. The molecule has 2 N–H and O–H groups in total. The van der Waals surface area contributed by atoms with Crippen molar-refractivity contribution in [1.29, 1.82) is 0 Å². The number of ether oxygens (including phenoxy) is 1. The zero-order chi connectivity index (χ0) is 29.5. The predicted octanol–water partition coefficient (Wildman–Crippen LogP) is 5.89. The number of benzene rings is 2. The van der Waals surface area contributed by atoms with Crippen molar-refractivity contribution in [2.24, 2.45) is 0 Å². The summed E-state index contributed by atoms with van der Waals surface area (Å²) in [6.45, 7) is 3.63. The summed E-state index contributed by atoms with van der Waals surface area (Å²) in [5.41, 5.74) is -0.356. The van der Waals surface area contributed by atoms with Gasteiger partial charge in [0.25, 0.3) is 10.0 Å². The van der Waals surface area contributed by atoms with Crippen molar-refractivity contribution >= 4 is 44.2 Å². The van der Waals surface area contributed by atoms with E-state index in [0.29, 0.717) is 37.7 Å². The van der Waals surface area contributed by atoms with Crippen molar-refractivity contribution in [3.05, 3.63) is 66.2 Å². The minimum atomic E-state index is -4.36. The molecule has 3 heterocycles. The van der Waals surface area contributed by atoms with Gasteiger partial charge in [-0.15, -0.1) is 0 Å². The van der Waals surface area contributed by atoms with Crippen molar-refractivity contribution < 1.29 is 21.9 Å². The lowest BCUT2D eigenvalue weighted by molar-refractivity contribution is 0.340. The smallest absolute Gasteiger partial charge is 0.252 e. The van der Waals surface area contributed by atoms with E-state index in [4.69, 9.17) is 21.5 Å². The van der Waals surface area contributed by atoms with E-state index >= 15 is 4.39 Å². The summed E-state index contributed by atoms with van der Waals surface area (Å²) in [6.07, 6.45) is 5.57. The van der Waals surface area contributed by atoms with Gasteiger partial charge in [0.1, 0.15) is 28.7 Å². The number of hydrogen-bond donors (Lipinski definition) is 2. The van der Waals surface area contributed by atoms with E-state index in [1.54, 1.807) is 43.6 Å². The van der Waals surface area contributed by atoms with E-state index in [-0.39, 0.29) is 30.1 Å². The first-order chi connectivity index (χ1) is 20.1. The maximum absolute atomic E-state index is 15.1. The quantitative estimate of drug-likeness (QED) is 0.225. The SMILES string of the molecule is Cc1ccc2c(N(Cl)S(=O)(=O)CC3(F)CC3)c(F)ccc2c1Oc1ncccc1-c1ccnc(N[C@H]2CCCNC2)n1. The first-order valence-corrected chi connectivity index (χ1v) is 15.6. The highest BCUT2D eigenvalue weighted by molar-refractivity contribution is 7.94. The van der Waals surface area contributed by atoms with Crippen LogP contribution in [0.15, 0.2) is 54.9 Å². The van der Waals surface area contributed by atoms with Gasteiger partial charge < -0.3 is 15.4 Å². The normalized spacial score (nSPS) is 18.0. The average molecular weight is 615 g/mol. The van der Waals surface area contributed by atoms with Gasteiger partial charge >= 0.3 is 0 Å². The standard InChI is InChI=1S/C29H29ClF2N6O3S/c1-18-6-7-20-21(8-9-23(31)25(20)38(30)42(39,40)17-29(32)11-12-29)26(18)41-27-22(5-3-14-34-27)24-10-15-35-28(37-24)36-19-4-2-13-33-16-19/h3,5-10,14-15,19,33H,2,4,11-13,16-17H2,1H3,(H,35,36,37)/t19-/m0/s1. The lowest BCUT2D eigenvalue weighted by Gasteiger charge is -2.23. The van der Waals surface area contributed by atoms with Crippen molar-refractivity contribution in [3.8, 4) is 22.9 Å². The molecular formula is C29H29ClF2N6O3S. The summed E-state index contributed by atoms with van der Waals surface area (Å²) < 4.78 is 62.0. The summed E-state index contributed by atoms with van der Waals surface area (Å²) in [5, 5.41) is 7.32. The minimum absolute atomic E-state index is 0.125. The van der Waals surface area contributed by atoms with Crippen molar-refractivity contribution in [3.63, 3.8) is 0 Å². The van der Waals surface area contributed by atoms with Crippen molar-refractivity contribution in [2.75, 3.05) is 28.0 Å². The fourth-order valence-electron chi connectivity index (χ4n) is 5.06. The van der Waals surface area contributed by atoms with Crippen molar-refractivity contribution in [2.45, 2.75) is 44.3 Å². The number of nitrogens with one attached hydrogen (secondary N) is 2. The van der Waals surface area contributed by atoms with Crippen LogP contribution in [0.2, 0.25) is 0 Å². The lowest BCUT2D eigenvalue weighted by Crippen LogP contribution is -2.38. The number of anilines is 2. The second kappa shape index (κ2) is 11.2. The van der Waals surface area contributed by atoms with Gasteiger partial charge in [-0.2, -0.15) is 3.82 Å². The molecule has 2 fully saturated rings. The molecule has 6 rings (SSSR count). The van der Waals surface area contributed by atoms with Crippen LogP contribution in [0.25, 0.3) is 22.0 Å². The summed E-state index contributed by atoms with van der Waals surface area (Å²) in [5.74, 6) is -0.624. The molecule has 0 unspecified atom stereocenters. The number of hydrogen-bond acceptors (Lipinski definition) is 8.